The van der Waals surface area contributed by atoms with Crippen LogP contribution < -0.4 is 15.8 Å². The van der Waals surface area contributed by atoms with Crippen molar-refractivity contribution < 1.29 is 18.3 Å². The molecule has 180 valence electrons. The zero-order valence-corrected chi connectivity index (χ0v) is 20.0. The lowest BCUT2D eigenvalue weighted by molar-refractivity contribution is -0.0980. The molecule has 0 heterocycles. The third kappa shape index (κ3) is 14.9. The second-order valence-electron chi connectivity index (χ2n) is 6.22. The van der Waals surface area contributed by atoms with E-state index in [4.69, 9.17) is 10.5 Å². The minimum absolute atomic E-state index is 0.00528. The van der Waals surface area contributed by atoms with Crippen molar-refractivity contribution in [3.8, 4) is 5.75 Å². The zero-order chi connectivity index (χ0) is 24.8. The van der Waals surface area contributed by atoms with Gasteiger partial charge in [-0.15, -0.1) is 0 Å². The van der Waals surface area contributed by atoms with Gasteiger partial charge in [0.15, 0.2) is 5.96 Å². The van der Waals surface area contributed by atoms with E-state index in [9.17, 15) is 8.78 Å². The highest BCUT2D eigenvalue weighted by atomic mass is 19.3. The standard InChI is InChI=1S/C12H17F2N3O.C10H14.C2H6.CH2O/c1-3-10(17-12(15)16-2)8-4-6-9(7-5-8)18-11(13)14;1-2-7-10-8-5-3-4-6-9-10;2*1-2/h4-7,10-11H,3H2,1-2H3,(H3,15,16,17);3,5-6,8-9H,2,4,7H2,1H3;1-2H3;1H2. The van der Waals surface area contributed by atoms with Crippen molar-refractivity contribution in [1.29, 1.82) is 0 Å². The average Bonchev–Trinajstić information content (AvgIpc) is 3.10. The Balaban J connectivity index is 0. The van der Waals surface area contributed by atoms with Crippen LogP contribution in [0.4, 0.5) is 8.78 Å². The van der Waals surface area contributed by atoms with Crippen molar-refractivity contribution in [3.63, 3.8) is 0 Å². The highest BCUT2D eigenvalue weighted by molar-refractivity contribution is 5.78. The second kappa shape index (κ2) is 21.3. The Bertz CT molecular complexity index is 700. The van der Waals surface area contributed by atoms with E-state index in [1.807, 2.05) is 27.6 Å². The summed E-state index contributed by atoms with van der Waals surface area (Å²) in [6.07, 6.45) is 15.3. The summed E-state index contributed by atoms with van der Waals surface area (Å²) in [6, 6.07) is 6.45. The molecule has 0 saturated carbocycles. The molecule has 0 aliphatic heterocycles. The summed E-state index contributed by atoms with van der Waals surface area (Å²) in [6.45, 7) is 7.40. The summed E-state index contributed by atoms with van der Waals surface area (Å²) in [5, 5.41) is 3.03. The van der Waals surface area contributed by atoms with E-state index in [0.717, 1.165) is 18.4 Å². The van der Waals surface area contributed by atoms with Crippen molar-refractivity contribution in [2.45, 2.75) is 66.0 Å². The van der Waals surface area contributed by atoms with Crippen LogP contribution in [0.15, 0.2) is 65.2 Å². The first-order chi connectivity index (χ1) is 15.5. The Morgan fingerprint density at radius 3 is 2.31 bits per heavy atom. The molecule has 1 unspecified atom stereocenters. The number of alkyl halides is 2. The lowest BCUT2D eigenvalue weighted by Crippen LogP contribution is -2.34. The predicted octanol–water partition coefficient (Wildman–Crippen LogP) is 6.34. The van der Waals surface area contributed by atoms with Crippen molar-refractivity contribution in [2.24, 2.45) is 10.7 Å². The van der Waals surface area contributed by atoms with Crippen LogP contribution in [0.2, 0.25) is 0 Å². The molecule has 32 heavy (non-hydrogen) atoms. The zero-order valence-electron chi connectivity index (χ0n) is 20.0. The van der Waals surface area contributed by atoms with E-state index in [1.54, 1.807) is 19.2 Å². The number of rotatable bonds is 7. The number of aliphatic imine (C=N–C) groups is 1. The molecule has 0 aromatic heterocycles. The molecule has 1 atom stereocenters. The van der Waals surface area contributed by atoms with Crippen molar-refractivity contribution in [3.05, 3.63) is 65.8 Å². The van der Waals surface area contributed by atoms with Crippen LogP contribution in [0.3, 0.4) is 0 Å². The first-order valence-corrected chi connectivity index (χ1v) is 10.8. The monoisotopic (exact) mass is 451 g/mol. The van der Waals surface area contributed by atoms with Gasteiger partial charge in [-0.3, -0.25) is 4.99 Å². The number of nitrogens with two attached hydrogens (primary N) is 1. The van der Waals surface area contributed by atoms with Gasteiger partial charge in [0.05, 0.1) is 6.04 Å². The van der Waals surface area contributed by atoms with E-state index in [1.165, 1.54) is 30.5 Å². The highest BCUT2D eigenvalue weighted by Crippen LogP contribution is 2.21. The minimum Gasteiger partial charge on any atom is -0.435 e. The van der Waals surface area contributed by atoms with Crippen LogP contribution >= 0.6 is 0 Å². The summed E-state index contributed by atoms with van der Waals surface area (Å²) >= 11 is 0. The number of benzene rings is 1. The summed E-state index contributed by atoms with van der Waals surface area (Å²) in [7, 11) is 1.59. The topological polar surface area (TPSA) is 76.7 Å². The molecular formula is C25H39F2N3O2. The van der Waals surface area contributed by atoms with E-state index in [0.29, 0.717) is 5.96 Å². The molecule has 1 aromatic carbocycles. The van der Waals surface area contributed by atoms with Crippen molar-refractivity contribution >= 4 is 12.7 Å². The number of nitrogens with one attached hydrogen (secondary N) is 1. The fourth-order valence-electron chi connectivity index (χ4n) is 2.62. The maximum absolute atomic E-state index is 12.0. The van der Waals surface area contributed by atoms with Gasteiger partial charge in [0.25, 0.3) is 0 Å². The molecule has 1 aliphatic carbocycles. The Morgan fingerprint density at radius 2 is 1.81 bits per heavy atom. The number of ether oxygens (including phenoxy) is 1. The van der Waals surface area contributed by atoms with Crippen molar-refractivity contribution in [1.82, 2.24) is 5.32 Å². The van der Waals surface area contributed by atoms with E-state index in [2.05, 4.69) is 52.3 Å². The normalized spacial score (nSPS) is 13.1. The molecule has 3 N–H and O–H groups in total. The van der Waals surface area contributed by atoms with Gasteiger partial charge in [0, 0.05) is 7.05 Å². The third-order valence-electron chi connectivity index (χ3n) is 4.07. The first-order valence-electron chi connectivity index (χ1n) is 10.8. The van der Waals surface area contributed by atoms with Gasteiger partial charge in [-0.2, -0.15) is 8.78 Å². The maximum atomic E-state index is 12.0. The van der Waals surface area contributed by atoms with Gasteiger partial charge in [0.1, 0.15) is 12.5 Å². The van der Waals surface area contributed by atoms with E-state index >= 15 is 0 Å². The number of nitrogens with zero attached hydrogens (tertiary/aromatic N) is 1. The number of carbonyl (C=O) groups is 1. The molecule has 5 nitrogen and oxygen atoms in total. The van der Waals surface area contributed by atoms with Gasteiger partial charge in [0.2, 0.25) is 0 Å². The summed E-state index contributed by atoms with van der Waals surface area (Å²) in [4.78, 5) is 11.8. The van der Waals surface area contributed by atoms with Crippen LogP contribution in [-0.2, 0) is 4.79 Å². The largest absolute Gasteiger partial charge is 0.435 e. The fourth-order valence-corrected chi connectivity index (χ4v) is 2.62. The van der Waals surface area contributed by atoms with Gasteiger partial charge >= 0.3 is 6.61 Å². The van der Waals surface area contributed by atoms with Crippen LogP contribution in [0.1, 0.15) is 65.0 Å². The SMILES string of the molecule is C=O.CC.CCC(NC(N)=NC)c1ccc(OC(F)F)cc1.CCCC1=CC=CCC=C1. The van der Waals surface area contributed by atoms with E-state index in [-0.39, 0.29) is 11.8 Å². The van der Waals surface area contributed by atoms with Crippen LogP contribution in [-0.4, -0.2) is 26.4 Å². The number of guanidine groups is 1. The molecule has 0 radical (unpaired) electrons. The Kier molecular flexibility index (Phi) is 20.8. The average molecular weight is 452 g/mol. The molecule has 2 rings (SSSR count). The molecule has 1 aromatic rings. The van der Waals surface area contributed by atoms with Gasteiger partial charge in [-0.05, 0) is 42.5 Å². The first kappa shape index (κ1) is 31.2. The van der Waals surface area contributed by atoms with Gasteiger partial charge in [-0.25, -0.2) is 0 Å². The molecule has 7 heteroatoms. The van der Waals surface area contributed by atoms with Crippen LogP contribution in [0, 0.1) is 0 Å². The van der Waals surface area contributed by atoms with E-state index < -0.39 is 6.61 Å². The molecule has 0 amide bonds. The Morgan fingerprint density at radius 1 is 1.19 bits per heavy atom. The molecular weight excluding hydrogens is 412 g/mol. The Hall–Kier alpha value is -2.96. The highest BCUT2D eigenvalue weighted by Gasteiger charge is 2.10. The van der Waals surface area contributed by atoms with Crippen LogP contribution in [0.25, 0.3) is 0 Å². The van der Waals surface area contributed by atoms with Crippen molar-refractivity contribution in [2.75, 3.05) is 7.05 Å². The summed E-state index contributed by atoms with van der Waals surface area (Å²) in [5.41, 5.74) is 7.99. The Labute approximate surface area is 192 Å². The minimum atomic E-state index is -2.81. The molecule has 0 bridgehead atoms. The lowest BCUT2D eigenvalue weighted by atomic mass is 10.0. The molecule has 0 fully saturated rings. The van der Waals surface area contributed by atoms with Gasteiger partial charge < -0.3 is 20.6 Å². The summed E-state index contributed by atoms with van der Waals surface area (Å²) < 4.78 is 28.3. The lowest BCUT2D eigenvalue weighted by Gasteiger charge is -2.18. The smallest absolute Gasteiger partial charge is 0.387 e. The quantitative estimate of drug-likeness (QED) is 0.374. The predicted molar refractivity (Wildman–Crippen MR) is 131 cm³/mol. The number of hydrogen-bond donors (Lipinski definition) is 2. The number of hydrogen-bond acceptors (Lipinski definition) is 3. The maximum Gasteiger partial charge on any atom is 0.387 e. The number of carbonyl (C=O) groups excluding carboxylic acids is 1. The molecule has 0 spiro atoms. The van der Waals surface area contributed by atoms with Gasteiger partial charge in [-0.1, -0.05) is 76.6 Å². The molecule has 1 aliphatic rings. The third-order valence-corrected chi connectivity index (χ3v) is 4.07. The number of halogens is 2. The molecule has 0 saturated heterocycles. The second-order valence-corrected chi connectivity index (χ2v) is 6.22. The number of allylic oxidation sites excluding steroid dienone is 6. The fraction of sp³-hybridized carbons (Fsp3) is 0.440. The van der Waals surface area contributed by atoms with Crippen LogP contribution in [0.5, 0.6) is 5.75 Å². The summed E-state index contributed by atoms with van der Waals surface area (Å²) in [5.74, 6) is 0.482.